The molecule has 4 heteroatoms. The number of aryl methyl sites for hydroxylation is 1. The van der Waals surface area contributed by atoms with Crippen LogP contribution in [0.3, 0.4) is 0 Å². The third-order valence-electron chi connectivity index (χ3n) is 3.81. The molecule has 1 aromatic rings. The Balaban J connectivity index is 2.12. The van der Waals surface area contributed by atoms with Crippen LogP contribution < -0.4 is 0 Å². The molecule has 1 aromatic heterocycles. The van der Waals surface area contributed by atoms with Gasteiger partial charge in [0.05, 0.1) is 22.7 Å². The lowest BCUT2D eigenvalue weighted by molar-refractivity contribution is -0.128. The third kappa shape index (κ3) is 2.43. The van der Waals surface area contributed by atoms with Crippen molar-refractivity contribution in [2.75, 3.05) is 14.1 Å². The van der Waals surface area contributed by atoms with Crippen molar-refractivity contribution >= 4 is 17.1 Å². The van der Waals surface area contributed by atoms with Crippen molar-refractivity contribution in [1.82, 2.24) is 9.88 Å². The van der Waals surface area contributed by atoms with Crippen molar-refractivity contribution in [2.24, 2.45) is 0 Å². The Hall–Kier alpha value is -0.740. The molecule has 0 saturated heterocycles. The van der Waals surface area contributed by atoms with Gasteiger partial charge in [0.15, 0.2) is 5.78 Å². The highest BCUT2D eigenvalue weighted by atomic mass is 32.1. The van der Waals surface area contributed by atoms with E-state index in [1.807, 2.05) is 26.4 Å². The van der Waals surface area contributed by atoms with Crippen LogP contribution in [0.25, 0.3) is 0 Å². The Morgan fingerprint density at radius 1 is 1.47 bits per heavy atom. The zero-order chi connectivity index (χ0) is 12.5. The molecule has 0 unspecified atom stereocenters. The van der Waals surface area contributed by atoms with Crippen molar-refractivity contribution < 1.29 is 4.79 Å². The van der Waals surface area contributed by atoms with Gasteiger partial charge in [0.25, 0.3) is 0 Å². The van der Waals surface area contributed by atoms with Crippen LogP contribution in [0.15, 0.2) is 5.38 Å². The Kier molecular flexibility index (Phi) is 3.64. The fourth-order valence-corrected chi connectivity index (χ4v) is 3.37. The largest absolute Gasteiger partial charge is 0.297 e. The van der Waals surface area contributed by atoms with Crippen LogP contribution >= 0.6 is 11.3 Å². The molecule has 1 saturated carbocycles. The fraction of sp³-hybridized carbons (Fsp3) is 0.692. The van der Waals surface area contributed by atoms with Gasteiger partial charge in [-0.3, -0.25) is 9.69 Å². The van der Waals surface area contributed by atoms with Crippen molar-refractivity contribution in [3.63, 3.8) is 0 Å². The van der Waals surface area contributed by atoms with E-state index in [-0.39, 0.29) is 5.54 Å². The summed E-state index contributed by atoms with van der Waals surface area (Å²) in [5.74, 6) is 0.338. The summed E-state index contributed by atoms with van der Waals surface area (Å²) >= 11 is 1.62. The van der Waals surface area contributed by atoms with Crippen LogP contribution in [0, 0.1) is 6.92 Å². The number of carbonyl (C=O) groups excluding carboxylic acids is 1. The SMILES string of the molecule is Cc1nc(CC(=O)C2(N(C)C)CCCC2)cs1. The zero-order valence-corrected chi connectivity index (χ0v) is 11.6. The molecule has 94 valence electrons. The minimum Gasteiger partial charge on any atom is -0.297 e. The molecule has 0 radical (unpaired) electrons. The van der Waals surface area contributed by atoms with Crippen LogP contribution in [0.1, 0.15) is 36.4 Å². The van der Waals surface area contributed by atoms with Crippen molar-refractivity contribution in [3.05, 3.63) is 16.1 Å². The highest BCUT2D eigenvalue weighted by Crippen LogP contribution is 2.35. The van der Waals surface area contributed by atoms with Crippen molar-refractivity contribution in [3.8, 4) is 0 Å². The standard InChI is InChI=1S/C13H20N2OS/c1-10-14-11(9-17-10)8-12(16)13(15(2)3)6-4-5-7-13/h9H,4-8H2,1-3H3. The number of hydrogen-bond acceptors (Lipinski definition) is 4. The van der Waals surface area contributed by atoms with Crippen LogP contribution in [-0.2, 0) is 11.2 Å². The molecule has 0 aromatic carbocycles. The molecule has 17 heavy (non-hydrogen) atoms. The normalized spacial score (nSPS) is 18.8. The van der Waals surface area contributed by atoms with Crippen LogP contribution in [0.4, 0.5) is 0 Å². The quantitative estimate of drug-likeness (QED) is 0.825. The number of carbonyl (C=O) groups is 1. The monoisotopic (exact) mass is 252 g/mol. The van der Waals surface area contributed by atoms with E-state index in [4.69, 9.17) is 0 Å². The van der Waals surface area contributed by atoms with Crippen molar-refractivity contribution in [1.29, 1.82) is 0 Å². The molecule has 0 amide bonds. The molecule has 0 aliphatic heterocycles. The summed E-state index contributed by atoms with van der Waals surface area (Å²) in [7, 11) is 4.05. The second-order valence-corrected chi connectivity index (χ2v) is 6.15. The first-order valence-electron chi connectivity index (χ1n) is 6.16. The van der Waals surface area contributed by atoms with E-state index in [0.29, 0.717) is 12.2 Å². The molecule has 0 bridgehead atoms. The second kappa shape index (κ2) is 4.86. The minimum atomic E-state index is -0.225. The molecular weight excluding hydrogens is 232 g/mol. The molecule has 0 N–H and O–H groups in total. The number of thiazole rings is 1. The van der Waals surface area contributed by atoms with E-state index < -0.39 is 0 Å². The third-order valence-corrected chi connectivity index (χ3v) is 4.64. The zero-order valence-electron chi connectivity index (χ0n) is 10.8. The molecule has 0 spiro atoms. The Bertz CT molecular complexity index is 405. The van der Waals surface area contributed by atoms with Gasteiger partial charge in [-0.15, -0.1) is 11.3 Å². The highest BCUT2D eigenvalue weighted by Gasteiger charge is 2.42. The topological polar surface area (TPSA) is 33.2 Å². The van der Waals surface area contributed by atoms with E-state index >= 15 is 0 Å². The first-order valence-corrected chi connectivity index (χ1v) is 7.04. The number of likely N-dealkylation sites (N-methyl/N-ethyl adjacent to an activating group) is 1. The van der Waals surface area contributed by atoms with Gasteiger partial charge < -0.3 is 0 Å². The molecule has 1 heterocycles. The van der Waals surface area contributed by atoms with Gasteiger partial charge in [0.2, 0.25) is 0 Å². The Labute approximate surface area is 107 Å². The molecule has 0 atom stereocenters. The van der Waals surface area contributed by atoms with Gasteiger partial charge in [0, 0.05) is 5.38 Å². The number of nitrogens with zero attached hydrogens (tertiary/aromatic N) is 2. The smallest absolute Gasteiger partial charge is 0.159 e. The van der Waals surface area contributed by atoms with Crippen LogP contribution in [0.5, 0.6) is 0 Å². The maximum Gasteiger partial charge on any atom is 0.159 e. The van der Waals surface area contributed by atoms with E-state index in [1.54, 1.807) is 11.3 Å². The predicted molar refractivity (Wildman–Crippen MR) is 70.4 cm³/mol. The van der Waals surface area contributed by atoms with Crippen molar-refractivity contribution in [2.45, 2.75) is 44.6 Å². The number of ketones is 1. The fourth-order valence-electron chi connectivity index (χ4n) is 2.75. The van der Waals surface area contributed by atoms with Gasteiger partial charge in [-0.25, -0.2) is 4.98 Å². The van der Waals surface area contributed by atoms with E-state index in [0.717, 1.165) is 23.5 Å². The lowest BCUT2D eigenvalue weighted by Crippen LogP contribution is -2.49. The summed E-state index contributed by atoms with van der Waals surface area (Å²) in [6.07, 6.45) is 4.83. The summed E-state index contributed by atoms with van der Waals surface area (Å²) < 4.78 is 0. The summed E-state index contributed by atoms with van der Waals surface area (Å²) in [5.41, 5.74) is 0.711. The number of aromatic nitrogens is 1. The maximum absolute atomic E-state index is 12.5. The highest BCUT2D eigenvalue weighted by molar-refractivity contribution is 7.09. The van der Waals surface area contributed by atoms with Gasteiger partial charge in [0.1, 0.15) is 0 Å². The maximum atomic E-state index is 12.5. The Morgan fingerprint density at radius 2 is 2.12 bits per heavy atom. The van der Waals surface area contributed by atoms with Gasteiger partial charge in [-0.1, -0.05) is 12.8 Å². The first kappa shape index (κ1) is 12.7. The lowest BCUT2D eigenvalue weighted by Gasteiger charge is -2.34. The predicted octanol–water partition coefficient (Wildman–Crippen LogP) is 2.44. The molecule has 1 fully saturated rings. The average Bonchev–Trinajstić information content (AvgIpc) is 2.87. The van der Waals surface area contributed by atoms with Crippen LogP contribution in [-0.4, -0.2) is 35.3 Å². The molecular formula is C13H20N2OS. The van der Waals surface area contributed by atoms with Gasteiger partial charge >= 0.3 is 0 Å². The van der Waals surface area contributed by atoms with Gasteiger partial charge in [-0.05, 0) is 33.9 Å². The number of hydrogen-bond donors (Lipinski definition) is 0. The molecule has 1 aliphatic carbocycles. The summed E-state index contributed by atoms with van der Waals surface area (Å²) in [5, 5.41) is 3.05. The molecule has 2 rings (SSSR count). The summed E-state index contributed by atoms with van der Waals surface area (Å²) in [6.45, 7) is 1.98. The second-order valence-electron chi connectivity index (χ2n) is 5.09. The minimum absolute atomic E-state index is 0.225. The average molecular weight is 252 g/mol. The van der Waals surface area contributed by atoms with E-state index in [9.17, 15) is 4.79 Å². The van der Waals surface area contributed by atoms with E-state index in [2.05, 4.69) is 9.88 Å². The first-order chi connectivity index (χ1) is 8.04. The molecule has 3 nitrogen and oxygen atoms in total. The summed E-state index contributed by atoms with van der Waals surface area (Å²) in [6, 6.07) is 0. The Morgan fingerprint density at radius 3 is 2.59 bits per heavy atom. The lowest BCUT2D eigenvalue weighted by atomic mass is 9.88. The number of Topliss-reactive ketones (excluding diaryl/α,β-unsaturated/α-hetero) is 1. The number of rotatable bonds is 4. The van der Waals surface area contributed by atoms with Crippen LogP contribution in [0.2, 0.25) is 0 Å². The van der Waals surface area contributed by atoms with Gasteiger partial charge in [-0.2, -0.15) is 0 Å². The summed E-state index contributed by atoms with van der Waals surface area (Å²) in [4.78, 5) is 19.0. The molecule has 1 aliphatic rings. The van der Waals surface area contributed by atoms with E-state index in [1.165, 1.54) is 12.8 Å².